The molecule has 0 spiro atoms. The van der Waals surface area contributed by atoms with Gasteiger partial charge < -0.3 is 0 Å². The molecule has 1 saturated heterocycles. The van der Waals surface area contributed by atoms with Gasteiger partial charge in [-0.15, -0.1) is 0 Å². The maximum Gasteiger partial charge on any atom is 0.148 e. The van der Waals surface area contributed by atoms with Gasteiger partial charge >= 0.3 is 0 Å². The lowest BCUT2D eigenvalue weighted by Crippen LogP contribution is -2.30. The second kappa shape index (κ2) is 3.18. The summed E-state index contributed by atoms with van der Waals surface area (Å²) in [7, 11) is 0. The molecule has 11 heavy (non-hydrogen) atoms. The molecule has 0 aromatic rings. The van der Waals surface area contributed by atoms with Gasteiger partial charge in [-0.2, -0.15) is 11.8 Å². The normalized spacial score (nSPS) is 31.8. The Morgan fingerprint density at radius 2 is 1.82 bits per heavy atom. The van der Waals surface area contributed by atoms with Crippen LogP contribution >= 0.6 is 11.8 Å². The van der Waals surface area contributed by atoms with E-state index in [1.807, 2.05) is 11.8 Å². The summed E-state index contributed by atoms with van der Waals surface area (Å²) < 4.78 is 0. The quantitative estimate of drug-likeness (QED) is 0.632. The molecule has 2 fully saturated rings. The van der Waals surface area contributed by atoms with Gasteiger partial charge in [0.25, 0.3) is 0 Å². The minimum atomic E-state index is 0.401. The molecule has 1 aliphatic heterocycles. The molecule has 1 atom stereocenters. The van der Waals surface area contributed by atoms with Crippen LogP contribution in [0.4, 0.5) is 0 Å². The first-order valence-electron chi connectivity index (χ1n) is 4.53. The minimum Gasteiger partial charge on any atom is -0.298 e. The lowest BCUT2D eigenvalue weighted by molar-refractivity contribution is -0.122. The second-order valence-corrected chi connectivity index (χ2v) is 4.84. The minimum absolute atomic E-state index is 0.401. The first kappa shape index (κ1) is 7.66. The number of rotatable bonds is 2. The Morgan fingerprint density at radius 1 is 1.18 bits per heavy atom. The van der Waals surface area contributed by atoms with Crippen molar-refractivity contribution in [3.63, 3.8) is 0 Å². The van der Waals surface area contributed by atoms with Crippen molar-refractivity contribution in [2.24, 2.45) is 5.92 Å². The van der Waals surface area contributed by atoms with Crippen molar-refractivity contribution in [1.82, 2.24) is 0 Å². The van der Waals surface area contributed by atoms with E-state index in [1.54, 1.807) is 0 Å². The molecule has 2 aliphatic rings. The fourth-order valence-electron chi connectivity index (χ4n) is 1.93. The van der Waals surface area contributed by atoms with Crippen LogP contribution in [-0.2, 0) is 4.79 Å². The predicted molar refractivity (Wildman–Crippen MR) is 47.8 cm³/mol. The maximum atomic E-state index is 11.6. The third kappa shape index (κ3) is 1.46. The van der Waals surface area contributed by atoms with E-state index < -0.39 is 0 Å². The van der Waals surface area contributed by atoms with Crippen LogP contribution in [0.25, 0.3) is 0 Å². The molecule has 0 aromatic heterocycles. The van der Waals surface area contributed by atoms with Crippen molar-refractivity contribution >= 4 is 17.5 Å². The summed E-state index contributed by atoms with van der Waals surface area (Å²) in [5.74, 6) is 2.23. The van der Waals surface area contributed by atoms with Crippen LogP contribution in [0.3, 0.4) is 0 Å². The molecule has 1 unspecified atom stereocenters. The molecule has 0 bridgehead atoms. The van der Waals surface area contributed by atoms with E-state index >= 15 is 0 Å². The van der Waals surface area contributed by atoms with Crippen LogP contribution in [0.2, 0.25) is 0 Å². The van der Waals surface area contributed by atoms with Crippen molar-refractivity contribution in [2.75, 3.05) is 5.75 Å². The van der Waals surface area contributed by atoms with E-state index in [4.69, 9.17) is 0 Å². The summed E-state index contributed by atoms with van der Waals surface area (Å²) in [6.45, 7) is 0. The highest BCUT2D eigenvalue weighted by Gasteiger charge is 2.32. The van der Waals surface area contributed by atoms with E-state index in [0.29, 0.717) is 17.0 Å². The summed E-state index contributed by atoms with van der Waals surface area (Å²) in [5.41, 5.74) is 0. The molecular weight excluding hydrogens is 156 g/mol. The SMILES string of the molecule is O=C(C1CCCC1)C1CCS1. The van der Waals surface area contributed by atoms with E-state index in [2.05, 4.69) is 0 Å². The molecule has 1 nitrogen and oxygen atoms in total. The van der Waals surface area contributed by atoms with Crippen LogP contribution in [0, 0.1) is 5.92 Å². The number of Topliss-reactive ketones (excluding diaryl/α,β-unsaturated/α-hetero) is 1. The summed E-state index contributed by atoms with van der Waals surface area (Å²) in [6.07, 6.45) is 6.08. The van der Waals surface area contributed by atoms with E-state index in [-0.39, 0.29) is 0 Å². The van der Waals surface area contributed by atoms with Crippen LogP contribution in [0.5, 0.6) is 0 Å². The topological polar surface area (TPSA) is 17.1 Å². The zero-order valence-corrected chi connectivity index (χ0v) is 7.53. The molecule has 1 saturated carbocycles. The third-order valence-corrected chi connectivity index (χ3v) is 4.12. The van der Waals surface area contributed by atoms with Gasteiger partial charge in [0, 0.05) is 5.92 Å². The number of carbonyl (C=O) groups excluding carboxylic acids is 1. The average Bonchev–Trinajstić information content (AvgIpc) is 2.32. The monoisotopic (exact) mass is 170 g/mol. The number of thioether (sulfide) groups is 1. The van der Waals surface area contributed by atoms with E-state index in [0.717, 1.165) is 6.42 Å². The summed E-state index contributed by atoms with van der Waals surface area (Å²) in [4.78, 5) is 11.6. The lowest BCUT2D eigenvalue weighted by Gasteiger charge is -2.25. The standard InChI is InChI=1S/C9H14OS/c10-9(8-5-6-11-8)7-3-1-2-4-7/h7-8H,1-6H2. The van der Waals surface area contributed by atoms with Gasteiger partial charge in [0.15, 0.2) is 0 Å². The first-order valence-corrected chi connectivity index (χ1v) is 5.58. The molecule has 1 heterocycles. The second-order valence-electron chi connectivity index (χ2n) is 3.53. The smallest absolute Gasteiger partial charge is 0.148 e. The summed E-state index contributed by atoms with van der Waals surface area (Å²) in [5, 5.41) is 0.401. The summed E-state index contributed by atoms with van der Waals surface area (Å²) >= 11 is 1.85. The van der Waals surface area contributed by atoms with Crippen molar-refractivity contribution in [1.29, 1.82) is 0 Å². The van der Waals surface area contributed by atoms with Crippen molar-refractivity contribution in [2.45, 2.75) is 37.4 Å². The van der Waals surface area contributed by atoms with Crippen molar-refractivity contribution in [3.8, 4) is 0 Å². The summed E-state index contributed by atoms with van der Waals surface area (Å²) in [6, 6.07) is 0. The molecule has 62 valence electrons. The van der Waals surface area contributed by atoms with Gasteiger partial charge in [-0.3, -0.25) is 4.79 Å². The molecule has 0 N–H and O–H groups in total. The van der Waals surface area contributed by atoms with Gasteiger partial charge in [-0.05, 0) is 25.0 Å². The Labute approximate surface area is 71.9 Å². The molecule has 1 aliphatic carbocycles. The van der Waals surface area contributed by atoms with Crippen LogP contribution in [0.1, 0.15) is 32.1 Å². The number of ketones is 1. The van der Waals surface area contributed by atoms with E-state index in [9.17, 15) is 4.79 Å². The maximum absolute atomic E-state index is 11.6. The Morgan fingerprint density at radius 3 is 2.27 bits per heavy atom. The molecule has 2 rings (SSSR count). The lowest BCUT2D eigenvalue weighted by atomic mass is 9.98. The number of hydrogen-bond donors (Lipinski definition) is 0. The van der Waals surface area contributed by atoms with Gasteiger partial charge in [0.1, 0.15) is 5.78 Å². The van der Waals surface area contributed by atoms with Gasteiger partial charge in [0.05, 0.1) is 5.25 Å². The zero-order valence-electron chi connectivity index (χ0n) is 6.71. The molecule has 2 heteroatoms. The number of carbonyl (C=O) groups is 1. The fraction of sp³-hybridized carbons (Fsp3) is 0.889. The van der Waals surface area contributed by atoms with Crippen molar-refractivity contribution < 1.29 is 4.79 Å². The predicted octanol–water partition coefficient (Wildman–Crippen LogP) is 2.25. The molecule has 0 amide bonds. The Hall–Kier alpha value is 0.0200. The highest BCUT2D eigenvalue weighted by Crippen LogP contribution is 2.35. The first-order chi connectivity index (χ1) is 5.38. The Kier molecular flexibility index (Phi) is 2.21. The Bertz CT molecular complexity index is 157. The molecule has 0 radical (unpaired) electrons. The van der Waals surface area contributed by atoms with E-state index in [1.165, 1.54) is 31.4 Å². The van der Waals surface area contributed by atoms with Crippen molar-refractivity contribution in [3.05, 3.63) is 0 Å². The van der Waals surface area contributed by atoms with Gasteiger partial charge in [-0.1, -0.05) is 12.8 Å². The largest absolute Gasteiger partial charge is 0.298 e. The molecule has 0 aromatic carbocycles. The van der Waals surface area contributed by atoms with Gasteiger partial charge in [-0.25, -0.2) is 0 Å². The van der Waals surface area contributed by atoms with Crippen LogP contribution in [-0.4, -0.2) is 16.8 Å². The highest BCUT2D eigenvalue weighted by atomic mass is 32.2. The fourth-order valence-corrected chi connectivity index (χ4v) is 2.76. The van der Waals surface area contributed by atoms with Gasteiger partial charge in [0.2, 0.25) is 0 Å². The van der Waals surface area contributed by atoms with Crippen LogP contribution in [0.15, 0.2) is 0 Å². The number of hydrogen-bond acceptors (Lipinski definition) is 2. The Balaban J connectivity index is 1.87. The third-order valence-electron chi connectivity index (χ3n) is 2.77. The van der Waals surface area contributed by atoms with Crippen LogP contribution < -0.4 is 0 Å². The average molecular weight is 170 g/mol. The zero-order chi connectivity index (χ0) is 7.68. The highest BCUT2D eigenvalue weighted by molar-refractivity contribution is 8.02. The molecular formula is C9H14OS.